The maximum absolute atomic E-state index is 12.0. The fourth-order valence-electron chi connectivity index (χ4n) is 1.67. The van der Waals surface area contributed by atoms with Crippen LogP contribution in [0.25, 0.3) is 0 Å². The van der Waals surface area contributed by atoms with E-state index in [4.69, 9.17) is 20.4 Å². The molecule has 7 nitrogen and oxygen atoms in total. The summed E-state index contributed by atoms with van der Waals surface area (Å²) < 4.78 is 10.6. The first kappa shape index (κ1) is 14.6. The summed E-state index contributed by atoms with van der Waals surface area (Å²) in [5, 5.41) is 11.5. The number of ether oxygens (including phenoxy) is 2. The molecule has 0 aromatic heterocycles. The number of nitrogens with zero attached hydrogens (tertiary/aromatic N) is 2. The quantitative estimate of drug-likeness (QED) is 0.330. The molecule has 18 heavy (non-hydrogen) atoms. The van der Waals surface area contributed by atoms with Crippen LogP contribution in [0.2, 0.25) is 0 Å². The van der Waals surface area contributed by atoms with E-state index in [9.17, 15) is 4.79 Å². The lowest BCUT2D eigenvalue weighted by Gasteiger charge is -2.36. The summed E-state index contributed by atoms with van der Waals surface area (Å²) in [7, 11) is 0. The fraction of sp³-hybridized carbons (Fsp3) is 0.818. The number of hydrogen-bond donors (Lipinski definition) is 2. The smallest absolute Gasteiger partial charge is 0.410 e. The second-order valence-electron chi connectivity index (χ2n) is 5.20. The van der Waals surface area contributed by atoms with Gasteiger partial charge in [0.05, 0.1) is 19.3 Å². The van der Waals surface area contributed by atoms with E-state index in [0.717, 1.165) is 0 Å². The number of rotatable bonds is 2. The van der Waals surface area contributed by atoms with Gasteiger partial charge in [0.15, 0.2) is 0 Å². The van der Waals surface area contributed by atoms with Gasteiger partial charge in [-0.3, -0.25) is 0 Å². The number of amides is 1. The topological polar surface area (TPSA) is 97.4 Å². The van der Waals surface area contributed by atoms with Crippen molar-refractivity contribution in [2.45, 2.75) is 38.8 Å². The van der Waals surface area contributed by atoms with Gasteiger partial charge in [0.25, 0.3) is 0 Å². The molecule has 1 fully saturated rings. The Morgan fingerprint density at radius 3 is 2.83 bits per heavy atom. The molecule has 0 saturated carbocycles. The van der Waals surface area contributed by atoms with Gasteiger partial charge in [0.1, 0.15) is 11.4 Å². The van der Waals surface area contributed by atoms with E-state index in [0.29, 0.717) is 19.8 Å². The summed E-state index contributed by atoms with van der Waals surface area (Å²) in [4.78, 5) is 13.6. The summed E-state index contributed by atoms with van der Waals surface area (Å²) in [5.74, 6) is 0.0686. The largest absolute Gasteiger partial charge is 0.444 e. The summed E-state index contributed by atoms with van der Waals surface area (Å²) in [6, 6.07) is -0.260. The Bertz CT molecular complexity index is 325. The van der Waals surface area contributed by atoms with Crippen molar-refractivity contribution in [3.8, 4) is 0 Å². The Balaban J connectivity index is 2.67. The van der Waals surface area contributed by atoms with Gasteiger partial charge in [-0.15, -0.1) is 0 Å². The average Bonchev–Trinajstić information content (AvgIpc) is 2.27. The van der Waals surface area contributed by atoms with Crippen molar-refractivity contribution < 1.29 is 19.5 Å². The molecule has 7 heteroatoms. The van der Waals surface area contributed by atoms with E-state index in [1.165, 1.54) is 0 Å². The van der Waals surface area contributed by atoms with Crippen molar-refractivity contribution in [1.29, 1.82) is 0 Å². The zero-order chi connectivity index (χ0) is 13.8. The number of carbonyl (C=O) groups is 1. The number of nitrogens with two attached hydrogens (primary N) is 1. The van der Waals surface area contributed by atoms with Crippen LogP contribution >= 0.6 is 0 Å². The fourth-order valence-corrected chi connectivity index (χ4v) is 1.67. The Morgan fingerprint density at radius 1 is 1.61 bits per heavy atom. The van der Waals surface area contributed by atoms with Gasteiger partial charge >= 0.3 is 6.09 Å². The molecule has 1 rings (SSSR count). The molecule has 0 spiro atoms. The van der Waals surface area contributed by atoms with Crippen molar-refractivity contribution in [1.82, 2.24) is 4.90 Å². The maximum Gasteiger partial charge on any atom is 0.410 e. The molecule has 1 amide bonds. The number of oxime groups is 1. The van der Waals surface area contributed by atoms with Crippen molar-refractivity contribution in [2.75, 3.05) is 19.8 Å². The van der Waals surface area contributed by atoms with E-state index in [2.05, 4.69) is 5.16 Å². The maximum atomic E-state index is 12.0. The average molecular weight is 259 g/mol. The summed E-state index contributed by atoms with van der Waals surface area (Å²) in [6.45, 7) is 6.69. The highest BCUT2D eigenvalue weighted by molar-refractivity contribution is 5.81. The van der Waals surface area contributed by atoms with Gasteiger partial charge in [0, 0.05) is 13.0 Å². The van der Waals surface area contributed by atoms with Crippen molar-refractivity contribution in [3.05, 3.63) is 0 Å². The lowest BCUT2D eigenvalue weighted by atomic mass is 10.1. The Labute approximate surface area is 107 Å². The number of morpholine rings is 1. The molecule has 3 N–H and O–H groups in total. The van der Waals surface area contributed by atoms with Gasteiger partial charge in [-0.05, 0) is 20.8 Å². The van der Waals surface area contributed by atoms with Gasteiger partial charge < -0.3 is 25.3 Å². The monoisotopic (exact) mass is 259 g/mol. The van der Waals surface area contributed by atoms with Gasteiger partial charge in [0.2, 0.25) is 0 Å². The van der Waals surface area contributed by atoms with Crippen LogP contribution < -0.4 is 5.73 Å². The Morgan fingerprint density at radius 2 is 2.28 bits per heavy atom. The molecule has 1 atom stereocenters. The van der Waals surface area contributed by atoms with Crippen LogP contribution in [0, 0.1) is 0 Å². The molecule has 1 saturated heterocycles. The second-order valence-corrected chi connectivity index (χ2v) is 5.20. The molecule has 1 aliphatic rings. The van der Waals surface area contributed by atoms with E-state index in [-0.39, 0.29) is 18.3 Å². The molecular weight excluding hydrogens is 238 g/mol. The molecule has 104 valence electrons. The number of amidine groups is 1. The molecule has 1 aliphatic heterocycles. The first-order valence-corrected chi connectivity index (χ1v) is 5.87. The molecule has 0 aromatic carbocycles. The minimum absolute atomic E-state index is 0.0686. The van der Waals surface area contributed by atoms with Gasteiger partial charge in [-0.1, -0.05) is 5.16 Å². The second kappa shape index (κ2) is 5.90. The van der Waals surface area contributed by atoms with Crippen LogP contribution in [0.1, 0.15) is 27.2 Å². The molecule has 0 aliphatic carbocycles. The van der Waals surface area contributed by atoms with Crippen LogP contribution in [0.4, 0.5) is 4.79 Å². The standard InChI is InChI=1S/C11H21N3O4/c1-11(2,3)18-10(15)14-4-5-17-7-8(14)6-9(12)13-16/h8,16H,4-7H2,1-3H3,(H2,12,13). The zero-order valence-electron chi connectivity index (χ0n) is 11.0. The first-order chi connectivity index (χ1) is 8.33. The lowest BCUT2D eigenvalue weighted by molar-refractivity contribution is -0.0305. The molecule has 1 unspecified atom stereocenters. The van der Waals surface area contributed by atoms with E-state index >= 15 is 0 Å². The van der Waals surface area contributed by atoms with Gasteiger partial charge in [-0.2, -0.15) is 0 Å². The summed E-state index contributed by atoms with van der Waals surface area (Å²) in [6.07, 6.45) is -0.142. The summed E-state index contributed by atoms with van der Waals surface area (Å²) >= 11 is 0. The lowest BCUT2D eigenvalue weighted by Crippen LogP contribution is -2.51. The van der Waals surface area contributed by atoms with Crippen LogP contribution in [-0.2, 0) is 9.47 Å². The molecule has 0 aromatic rings. The number of hydrogen-bond acceptors (Lipinski definition) is 5. The third-order valence-corrected chi connectivity index (χ3v) is 2.43. The third kappa shape index (κ3) is 4.40. The highest BCUT2D eigenvalue weighted by atomic mass is 16.6. The van der Waals surface area contributed by atoms with E-state index in [1.807, 2.05) is 20.8 Å². The minimum Gasteiger partial charge on any atom is -0.444 e. The molecule has 0 radical (unpaired) electrons. The Kier molecular flexibility index (Phi) is 4.77. The third-order valence-electron chi connectivity index (χ3n) is 2.43. The predicted octanol–water partition coefficient (Wildman–Crippen LogP) is 0.759. The van der Waals surface area contributed by atoms with Crippen LogP contribution in [-0.4, -0.2) is 53.4 Å². The number of carbonyl (C=O) groups excluding carboxylic acids is 1. The Hall–Kier alpha value is -1.50. The van der Waals surface area contributed by atoms with Crippen LogP contribution in [0.15, 0.2) is 5.16 Å². The highest BCUT2D eigenvalue weighted by Gasteiger charge is 2.31. The summed E-state index contributed by atoms with van der Waals surface area (Å²) in [5.41, 5.74) is 4.91. The molecular formula is C11H21N3O4. The molecule has 0 bridgehead atoms. The highest BCUT2D eigenvalue weighted by Crippen LogP contribution is 2.16. The first-order valence-electron chi connectivity index (χ1n) is 5.87. The van der Waals surface area contributed by atoms with Gasteiger partial charge in [-0.25, -0.2) is 4.79 Å². The molecule has 1 heterocycles. The van der Waals surface area contributed by atoms with Crippen LogP contribution in [0.3, 0.4) is 0 Å². The SMILES string of the molecule is CC(C)(C)OC(=O)N1CCOCC1C/C(N)=N/O. The zero-order valence-corrected chi connectivity index (χ0v) is 11.0. The van der Waals surface area contributed by atoms with E-state index in [1.54, 1.807) is 4.90 Å². The van der Waals surface area contributed by atoms with E-state index < -0.39 is 11.7 Å². The normalized spacial score (nSPS) is 21.8. The predicted molar refractivity (Wildman–Crippen MR) is 65.6 cm³/mol. The minimum atomic E-state index is -0.545. The van der Waals surface area contributed by atoms with Crippen LogP contribution in [0.5, 0.6) is 0 Å². The van der Waals surface area contributed by atoms with Crippen molar-refractivity contribution in [3.63, 3.8) is 0 Å². The van der Waals surface area contributed by atoms with Crippen molar-refractivity contribution >= 4 is 11.9 Å². The van der Waals surface area contributed by atoms with Crippen molar-refractivity contribution in [2.24, 2.45) is 10.9 Å².